The fourth-order valence-electron chi connectivity index (χ4n) is 0.197. The summed E-state index contributed by atoms with van der Waals surface area (Å²) in [6, 6.07) is 0. The summed E-state index contributed by atoms with van der Waals surface area (Å²) in [6.07, 6.45) is 4.62. The maximum Gasteiger partial charge on any atom is 1.00 e. The van der Waals surface area contributed by atoms with E-state index in [9.17, 15) is 0 Å². The van der Waals surface area contributed by atoms with Crippen LogP contribution >= 0.6 is 0 Å². The van der Waals surface area contributed by atoms with Crippen molar-refractivity contribution in [3.63, 3.8) is 0 Å². The molecule has 1 nitrogen and oxygen atoms in total. The van der Waals surface area contributed by atoms with Gasteiger partial charge in [0.05, 0.1) is 6.61 Å². The molecule has 0 aromatic heterocycles. The van der Waals surface area contributed by atoms with E-state index in [4.69, 9.17) is 11.3 Å². The van der Waals surface area contributed by atoms with Crippen LogP contribution in [0, 0.1) is 6.58 Å². The van der Waals surface area contributed by atoms with E-state index < -0.39 is 0 Å². The molecular weight excluding hydrogens is 95.0 g/mol. The first-order valence-corrected chi connectivity index (χ1v) is 2.23. The molecule has 0 amide bonds. The molecule has 0 aromatic carbocycles. The standard InChI is InChI=1S/C6H9O.Li/c1-3-5-6-7-4-2;/h1,3,5-6H,4H2,2H3;/q-1;+1/b6-5+;. The minimum atomic E-state index is 0. The normalized spacial score (nSPS) is 8.12. The second-order valence-electron chi connectivity index (χ2n) is 0.976. The van der Waals surface area contributed by atoms with Crippen LogP contribution in [-0.4, -0.2) is 6.61 Å². The third-order valence-electron chi connectivity index (χ3n) is 0.453. The maximum atomic E-state index is 4.98. The predicted molar refractivity (Wildman–Crippen MR) is 29.6 cm³/mol. The number of rotatable bonds is 3. The first-order valence-electron chi connectivity index (χ1n) is 2.23. The molecule has 0 unspecified atom stereocenters. The van der Waals surface area contributed by atoms with Gasteiger partial charge in [0, 0.05) is 6.26 Å². The van der Waals surface area contributed by atoms with Crippen molar-refractivity contribution in [2.45, 2.75) is 6.92 Å². The Balaban J connectivity index is 0. The van der Waals surface area contributed by atoms with Crippen molar-refractivity contribution >= 4 is 0 Å². The number of hydrogen-bond acceptors (Lipinski definition) is 1. The molecule has 40 valence electrons. The minimum absolute atomic E-state index is 0. The van der Waals surface area contributed by atoms with Gasteiger partial charge in [0.1, 0.15) is 0 Å². The van der Waals surface area contributed by atoms with Gasteiger partial charge in [-0.05, 0) is 6.92 Å². The predicted octanol–water partition coefficient (Wildman–Crippen LogP) is -1.47. The number of ether oxygens (including phenoxy) is 1. The summed E-state index contributed by atoms with van der Waals surface area (Å²) < 4.78 is 4.78. The summed E-state index contributed by atoms with van der Waals surface area (Å²) in [5.41, 5.74) is 0. The van der Waals surface area contributed by atoms with Crippen LogP contribution in [0.25, 0.3) is 0 Å². The Morgan fingerprint density at radius 3 is 2.62 bits per heavy atom. The quantitative estimate of drug-likeness (QED) is 0.184. The van der Waals surface area contributed by atoms with Crippen molar-refractivity contribution in [1.29, 1.82) is 0 Å². The molecule has 0 saturated carbocycles. The van der Waals surface area contributed by atoms with Gasteiger partial charge < -0.3 is 4.74 Å². The van der Waals surface area contributed by atoms with Crippen LogP contribution in [0.5, 0.6) is 0 Å². The third-order valence-corrected chi connectivity index (χ3v) is 0.453. The molecule has 0 fully saturated rings. The van der Waals surface area contributed by atoms with E-state index in [1.54, 1.807) is 12.3 Å². The fourth-order valence-corrected chi connectivity index (χ4v) is 0.197. The maximum absolute atomic E-state index is 4.98. The monoisotopic (exact) mass is 104 g/mol. The first kappa shape index (κ1) is 10.8. The molecule has 0 N–H and O–H groups in total. The number of hydrogen-bond donors (Lipinski definition) is 0. The molecule has 8 heavy (non-hydrogen) atoms. The summed E-state index contributed by atoms with van der Waals surface area (Å²) in [5, 5.41) is 0. The summed E-state index contributed by atoms with van der Waals surface area (Å²) in [7, 11) is 0. The minimum Gasteiger partial charge on any atom is -0.520 e. The van der Waals surface area contributed by atoms with Gasteiger partial charge in [-0.2, -0.15) is 6.08 Å². The first-order chi connectivity index (χ1) is 3.41. The molecule has 0 rings (SSSR count). The number of allylic oxidation sites excluding steroid dienone is 2. The third kappa shape index (κ3) is 9.30. The molecule has 0 bridgehead atoms. The SMILES string of the molecule is [CH-]=C/C=C/OCC.[Li+]. The van der Waals surface area contributed by atoms with Crippen molar-refractivity contribution in [2.75, 3.05) is 6.61 Å². The zero-order chi connectivity index (χ0) is 5.54. The summed E-state index contributed by atoms with van der Waals surface area (Å²) in [4.78, 5) is 0. The summed E-state index contributed by atoms with van der Waals surface area (Å²) >= 11 is 0. The molecule has 2 heteroatoms. The average molecular weight is 104 g/mol. The average Bonchev–Trinajstić information content (AvgIpc) is 1.69. The van der Waals surface area contributed by atoms with Crippen molar-refractivity contribution in [3.05, 3.63) is 25.0 Å². The topological polar surface area (TPSA) is 9.23 Å². The Morgan fingerprint density at radius 1 is 1.62 bits per heavy atom. The Bertz CT molecular complexity index is 68.9. The Hall–Kier alpha value is -0.123. The van der Waals surface area contributed by atoms with E-state index in [1.165, 1.54) is 6.08 Å². The van der Waals surface area contributed by atoms with Gasteiger partial charge in [-0.25, -0.2) is 6.08 Å². The second-order valence-corrected chi connectivity index (χ2v) is 0.976. The van der Waals surface area contributed by atoms with E-state index in [2.05, 4.69) is 0 Å². The second kappa shape index (κ2) is 9.99. The molecule has 0 saturated heterocycles. The molecule has 0 aliphatic carbocycles. The van der Waals surface area contributed by atoms with Crippen LogP contribution in [0.3, 0.4) is 0 Å². The van der Waals surface area contributed by atoms with E-state index in [0.717, 1.165) is 0 Å². The van der Waals surface area contributed by atoms with Crippen molar-refractivity contribution < 1.29 is 23.6 Å². The zero-order valence-corrected chi connectivity index (χ0v) is 5.42. The van der Waals surface area contributed by atoms with Crippen LogP contribution in [0.2, 0.25) is 0 Å². The molecule has 0 aliphatic heterocycles. The van der Waals surface area contributed by atoms with Crippen LogP contribution in [0.1, 0.15) is 6.92 Å². The van der Waals surface area contributed by atoms with Crippen LogP contribution in [0.4, 0.5) is 0 Å². The van der Waals surface area contributed by atoms with Crippen molar-refractivity contribution in [1.82, 2.24) is 0 Å². The van der Waals surface area contributed by atoms with Crippen LogP contribution < -0.4 is 18.9 Å². The summed E-state index contributed by atoms with van der Waals surface area (Å²) in [6.45, 7) is 7.59. The summed E-state index contributed by atoms with van der Waals surface area (Å²) in [5.74, 6) is 0. The van der Waals surface area contributed by atoms with E-state index in [0.29, 0.717) is 6.61 Å². The Morgan fingerprint density at radius 2 is 2.25 bits per heavy atom. The van der Waals surface area contributed by atoms with Crippen molar-refractivity contribution in [3.8, 4) is 0 Å². The largest absolute Gasteiger partial charge is 1.00 e. The van der Waals surface area contributed by atoms with Crippen LogP contribution in [-0.2, 0) is 4.74 Å². The van der Waals surface area contributed by atoms with Gasteiger partial charge in [-0.3, -0.25) is 6.58 Å². The van der Waals surface area contributed by atoms with Gasteiger partial charge in [0.15, 0.2) is 0 Å². The zero-order valence-electron chi connectivity index (χ0n) is 5.42. The van der Waals surface area contributed by atoms with Gasteiger partial charge in [-0.15, -0.1) is 0 Å². The van der Waals surface area contributed by atoms with E-state index >= 15 is 0 Å². The van der Waals surface area contributed by atoms with Gasteiger partial charge >= 0.3 is 18.9 Å². The molecule has 0 aromatic rings. The van der Waals surface area contributed by atoms with Crippen molar-refractivity contribution in [2.24, 2.45) is 0 Å². The van der Waals surface area contributed by atoms with E-state index in [-0.39, 0.29) is 18.9 Å². The molecular formula is C6H9LiO. The smallest absolute Gasteiger partial charge is 0.520 e. The van der Waals surface area contributed by atoms with E-state index in [1.807, 2.05) is 6.92 Å². The van der Waals surface area contributed by atoms with Gasteiger partial charge in [0.25, 0.3) is 0 Å². The molecule has 0 atom stereocenters. The van der Waals surface area contributed by atoms with Gasteiger partial charge in [0.2, 0.25) is 0 Å². The molecule has 0 aliphatic rings. The molecule has 0 spiro atoms. The van der Waals surface area contributed by atoms with Gasteiger partial charge in [-0.1, -0.05) is 0 Å². The van der Waals surface area contributed by atoms with Crippen LogP contribution in [0.15, 0.2) is 18.4 Å². The Labute approximate surface area is 62.6 Å². The fraction of sp³-hybridized carbons (Fsp3) is 0.333. The Kier molecular flexibility index (Phi) is 13.5. The molecule has 0 heterocycles. The molecule has 0 radical (unpaired) electrons.